The van der Waals surface area contributed by atoms with Crippen molar-refractivity contribution < 1.29 is 23.9 Å². The zero-order valence-electron chi connectivity index (χ0n) is 20.5. The first-order valence-electron chi connectivity index (χ1n) is 12.2. The molecule has 1 N–H and O–H groups in total. The predicted octanol–water partition coefficient (Wildman–Crippen LogP) is 5.29. The van der Waals surface area contributed by atoms with Gasteiger partial charge < -0.3 is 23.7 Å². The molecule has 0 aliphatic carbocycles. The number of ether oxygens (including phenoxy) is 2. The van der Waals surface area contributed by atoms with Crippen LogP contribution < -0.4 is 0 Å². The van der Waals surface area contributed by atoms with E-state index in [-0.39, 0.29) is 18.0 Å². The molecule has 1 aliphatic heterocycles. The van der Waals surface area contributed by atoms with E-state index in [4.69, 9.17) is 19.1 Å². The molecule has 4 aromatic rings. The second-order valence-electron chi connectivity index (χ2n) is 8.88. The summed E-state index contributed by atoms with van der Waals surface area (Å²) in [4.78, 5) is 15.5. The van der Waals surface area contributed by atoms with Crippen molar-refractivity contribution in [3.8, 4) is 23.2 Å². The molecule has 8 nitrogen and oxygen atoms in total. The van der Waals surface area contributed by atoms with E-state index in [1.807, 2.05) is 48.0 Å². The summed E-state index contributed by atoms with van der Waals surface area (Å²) < 4.78 is 19.4. The average molecular weight is 498 g/mol. The molecule has 37 heavy (non-hydrogen) atoms. The standard InChI is InChI=1S/C29H27N3O5/c1-20(36-27-4-2-3-17-35-27)28-30-15-16-32(28)19-25-18-26(37-31-25)23-11-7-21(8-12-23)5-6-22-9-13-24(14-10-22)29(33)34/h7-16,18,20,27H,2-4,17,19H2,1H3,(H,33,34). The van der Waals surface area contributed by atoms with Crippen LogP contribution in [0.15, 0.2) is 71.5 Å². The lowest BCUT2D eigenvalue weighted by atomic mass is 10.1. The molecule has 2 atom stereocenters. The second-order valence-corrected chi connectivity index (χ2v) is 8.88. The lowest BCUT2D eigenvalue weighted by Crippen LogP contribution is -2.24. The molecule has 1 fully saturated rings. The van der Waals surface area contributed by atoms with Crippen LogP contribution in [0.4, 0.5) is 0 Å². The second kappa shape index (κ2) is 11.2. The fraction of sp³-hybridized carbons (Fsp3) is 0.276. The maximum absolute atomic E-state index is 11.0. The molecule has 5 rings (SSSR count). The van der Waals surface area contributed by atoms with Gasteiger partial charge in [0.1, 0.15) is 17.6 Å². The highest BCUT2D eigenvalue weighted by Crippen LogP contribution is 2.25. The zero-order chi connectivity index (χ0) is 25.6. The third-order valence-electron chi connectivity index (χ3n) is 6.15. The number of carboxylic acids is 1. The van der Waals surface area contributed by atoms with Crippen LogP contribution in [0.1, 0.15) is 65.3 Å². The van der Waals surface area contributed by atoms with Crippen molar-refractivity contribution in [3.63, 3.8) is 0 Å². The van der Waals surface area contributed by atoms with Crippen LogP contribution in [0.3, 0.4) is 0 Å². The van der Waals surface area contributed by atoms with Gasteiger partial charge in [-0.1, -0.05) is 17.0 Å². The van der Waals surface area contributed by atoms with Gasteiger partial charge in [0.25, 0.3) is 0 Å². The summed E-state index contributed by atoms with van der Waals surface area (Å²) in [5.41, 5.74) is 3.50. The Morgan fingerprint density at radius 2 is 1.86 bits per heavy atom. The zero-order valence-corrected chi connectivity index (χ0v) is 20.5. The van der Waals surface area contributed by atoms with Gasteiger partial charge in [-0.15, -0.1) is 0 Å². The summed E-state index contributed by atoms with van der Waals surface area (Å²) in [5, 5.41) is 13.2. The average Bonchev–Trinajstić information content (AvgIpc) is 3.59. The molecule has 2 unspecified atom stereocenters. The van der Waals surface area contributed by atoms with Crippen molar-refractivity contribution >= 4 is 5.97 Å². The topological polar surface area (TPSA) is 99.6 Å². The molecule has 1 aliphatic rings. The van der Waals surface area contributed by atoms with Crippen LogP contribution in [0.5, 0.6) is 0 Å². The normalized spacial score (nSPS) is 16.1. The van der Waals surface area contributed by atoms with Gasteiger partial charge >= 0.3 is 5.97 Å². The summed E-state index contributed by atoms with van der Waals surface area (Å²) in [6.07, 6.45) is 6.39. The fourth-order valence-corrected chi connectivity index (χ4v) is 4.18. The van der Waals surface area contributed by atoms with Crippen LogP contribution in [0.25, 0.3) is 11.3 Å². The Morgan fingerprint density at radius 1 is 1.14 bits per heavy atom. The minimum Gasteiger partial charge on any atom is -0.478 e. The van der Waals surface area contributed by atoms with Crippen molar-refractivity contribution in [1.82, 2.24) is 14.7 Å². The van der Waals surface area contributed by atoms with Crippen LogP contribution in [0, 0.1) is 11.8 Å². The number of imidazole rings is 1. The molecule has 8 heteroatoms. The Hall–Kier alpha value is -4.19. The molecule has 0 radical (unpaired) electrons. The summed E-state index contributed by atoms with van der Waals surface area (Å²) in [5.74, 6) is 6.68. The number of benzene rings is 2. The van der Waals surface area contributed by atoms with Crippen LogP contribution in [-0.4, -0.2) is 38.7 Å². The van der Waals surface area contributed by atoms with Crippen molar-refractivity contribution in [2.45, 2.75) is 45.1 Å². The number of rotatable bonds is 7. The molecule has 0 saturated carbocycles. The van der Waals surface area contributed by atoms with Gasteiger partial charge in [-0.2, -0.15) is 0 Å². The first-order chi connectivity index (χ1) is 18.0. The molecule has 3 heterocycles. The molecule has 0 bridgehead atoms. The van der Waals surface area contributed by atoms with E-state index in [1.165, 1.54) is 0 Å². The summed E-state index contributed by atoms with van der Waals surface area (Å²) in [7, 11) is 0. The molecular formula is C29H27N3O5. The molecule has 1 saturated heterocycles. The smallest absolute Gasteiger partial charge is 0.335 e. The number of carbonyl (C=O) groups is 1. The van der Waals surface area contributed by atoms with Crippen molar-refractivity contribution in [2.75, 3.05) is 6.61 Å². The molecular weight excluding hydrogens is 470 g/mol. The monoisotopic (exact) mass is 497 g/mol. The van der Waals surface area contributed by atoms with Gasteiger partial charge in [-0.3, -0.25) is 0 Å². The van der Waals surface area contributed by atoms with Crippen LogP contribution in [0.2, 0.25) is 0 Å². The quantitative estimate of drug-likeness (QED) is 0.346. The Bertz CT molecular complexity index is 1400. The van der Waals surface area contributed by atoms with Crippen LogP contribution in [-0.2, 0) is 16.0 Å². The Morgan fingerprint density at radius 3 is 2.54 bits per heavy atom. The third-order valence-corrected chi connectivity index (χ3v) is 6.15. The summed E-state index contributed by atoms with van der Waals surface area (Å²) >= 11 is 0. The Balaban J connectivity index is 1.22. The number of nitrogens with zero attached hydrogens (tertiary/aromatic N) is 3. The first kappa shape index (κ1) is 24.5. The van der Waals surface area contributed by atoms with Crippen molar-refractivity contribution in [1.29, 1.82) is 0 Å². The van der Waals surface area contributed by atoms with E-state index in [9.17, 15) is 4.79 Å². The summed E-state index contributed by atoms with van der Waals surface area (Å²) in [6.45, 7) is 3.24. The van der Waals surface area contributed by atoms with E-state index in [0.29, 0.717) is 12.3 Å². The number of hydrogen-bond acceptors (Lipinski definition) is 6. The number of carboxylic acid groups (broad SMARTS) is 1. The third kappa shape index (κ3) is 6.15. The first-order valence-corrected chi connectivity index (χ1v) is 12.2. The molecule has 188 valence electrons. The summed E-state index contributed by atoms with van der Waals surface area (Å²) in [6, 6.07) is 16.1. The Kier molecular flexibility index (Phi) is 7.45. The van der Waals surface area contributed by atoms with E-state index in [2.05, 4.69) is 22.0 Å². The maximum atomic E-state index is 11.0. The SMILES string of the molecule is CC(OC1CCCCO1)c1nccn1Cc1cc(-c2ccc(C#Cc3ccc(C(=O)O)cc3)cc2)on1. The van der Waals surface area contributed by atoms with Crippen LogP contribution >= 0.6 is 0 Å². The van der Waals surface area contributed by atoms with Gasteiger partial charge in [0.05, 0.1) is 12.1 Å². The number of hydrogen-bond donors (Lipinski definition) is 1. The van der Waals surface area contributed by atoms with Gasteiger partial charge in [0.15, 0.2) is 12.1 Å². The fourth-order valence-electron chi connectivity index (χ4n) is 4.18. The van der Waals surface area contributed by atoms with Crippen molar-refractivity contribution in [2.24, 2.45) is 0 Å². The van der Waals surface area contributed by atoms with Gasteiger partial charge in [-0.05, 0) is 74.7 Å². The molecule has 0 spiro atoms. The van der Waals surface area contributed by atoms with Crippen molar-refractivity contribution in [3.05, 3.63) is 95.2 Å². The minimum absolute atomic E-state index is 0.183. The largest absolute Gasteiger partial charge is 0.478 e. The molecule has 2 aromatic heterocycles. The van der Waals surface area contributed by atoms with Gasteiger partial charge in [0, 0.05) is 41.8 Å². The van der Waals surface area contributed by atoms with E-state index in [1.54, 1.807) is 30.5 Å². The highest BCUT2D eigenvalue weighted by Gasteiger charge is 2.21. The van der Waals surface area contributed by atoms with Gasteiger partial charge in [-0.25, -0.2) is 9.78 Å². The predicted molar refractivity (Wildman–Crippen MR) is 136 cm³/mol. The Labute approximate surface area is 214 Å². The van der Waals surface area contributed by atoms with Gasteiger partial charge in [0.2, 0.25) is 0 Å². The number of aromatic nitrogens is 3. The molecule has 0 amide bonds. The van der Waals surface area contributed by atoms with E-state index < -0.39 is 5.97 Å². The highest BCUT2D eigenvalue weighted by molar-refractivity contribution is 5.87. The molecule has 2 aromatic carbocycles. The lowest BCUT2D eigenvalue weighted by Gasteiger charge is -2.26. The van der Waals surface area contributed by atoms with E-state index in [0.717, 1.165) is 54.1 Å². The lowest BCUT2D eigenvalue weighted by molar-refractivity contribution is -0.188. The minimum atomic E-state index is -0.954. The van der Waals surface area contributed by atoms with E-state index >= 15 is 0 Å². The number of aromatic carboxylic acids is 1. The highest BCUT2D eigenvalue weighted by atomic mass is 16.7. The maximum Gasteiger partial charge on any atom is 0.335 e.